The Balaban J connectivity index is 1.75. The van der Waals surface area contributed by atoms with Gasteiger partial charge in [0.15, 0.2) is 0 Å². The Hall–Kier alpha value is -1.72. The summed E-state index contributed by atoms with van der Waals surface area (Å²) in [6.07, 6.45) is -0.573. The molecule has 1 aromatic rings. The molecule has 6 nitrogen and oxygen atoms in total. The number of sulfonamides is 1. The summed E-state index contributed by atoms with van der Waals surface area (Å²) in [7, 11) is -3.35. The average molecular weight is 466 g/mol. The highest BCUT2D eigenvalue weighted by Gasteiger charge is 2.47. The van der Waals surface area contributed by atoms with Crippen LogP contribution < -0.4 is 5.32 Å². The number of amides is 1. The number of halogens is 4. The van der Waals surface area contributed by atoms with Crippen LogP contribution in [0, 0.1) is 11.6 Å². The van der Waals surface area contributed by atoms with Crippen molar-refractivity contribution in [1.29, 1.82) is 0 Å². The van der Waals surface area contributed by atoms with Gasteiger partial charge in [0.2, 0.25) is 15.9 Å². The van der Waals surface area contributed by atoms with E-state index < -0.39 is 44.6 Å². The van der Waals surface area contributed by atoms with Crippen LogP contribution in [0.25, 0.3) is 0 Å². The number of carbonyl (C=O) groups is 1. The van der Waals surface area contributed by atoms with E-state index in [0.717, 1.165) is 18.2 Å². The van der Waals surface area contributed by atoms with Crippen LogP contribution in [0.1, 0.15) is 43.0 Å². The molecule has 11 heteroatoms. The van der Waals surface area contributed by atoms with Gasteiger partial charge in [-0.15, -0.1) is 0 Å². The van der Waals surface area contributed by atoms with Crippen molar-refractivity contribution in [3.63, 3.8) is 0 Å². The maximum Gasteiger partial charge on any atom is 0.257 e. The van der Waals surface area contributed by atoms with Gasteiger partial charge in [0.25, 0.3) is 5.91 Å². The molecular formula is C20H27F4N3O3S. The van der Waals surface area contributed by atoms with Crippen LogP contribution in [0.3, 0.4) is 0 Å². The molecule has 31 heavy (non-hydrogen) atoms. The number of piperazine rings is 1. The standard InChI is InChI=1S/C20H27F4N3O3S/c1-2-31(29,30)27-12-10-26(11-13-27)19(6-8-20(23,24)9-7-19)14-25-18(28)17-15(21)4-3-5-16(17)22/h3-5H,2,6-14H2,1H3,(H,25,28). The van der Waals surface area contributed by atoms with E-state index in [1.165, 1.54) is 4.31 Å². The van der Waals surface area contributed by atoms with Gasteiger partial charge in [-0.05, 0) is 31.9 Å². The second-order valence-electron chi connectivity index (χ2n) is 8.15. The van der Waals surface area contributed by atoms with E-state index in [4.69, 9.17) is 0 Å². The second kappa shape index (κ2) is 9.03. The van der Waals surface area contributed by atoms with Crippen molar-refractivity contribution in [2.75, 3.05) is 38.5 Å². The van der Waals surface area contributed by atoms with Crippen LogP contribution in [-0.4, -0.2) is 73.5 Å². The maximum atomic E-state index is 13.9. The number of alkyl halides is 2. The first-order chi connectivity index (χ1) is 14.5. The van der Waals surface area contributed by atoms with Crippen LogP contribution in [-0.2, 0) is 10.0 Å². The SMILES string of the molecule is CCS(=O)(=O)N1CCN(C2(CNC(=O)c3c(F)cccc3F)CCC(F)(F)CC2)CC1. The van der Waals surface area contributed by atoms with Crippen molar-refractivity contribution >= 4 is 15.9 Å². The molecule has 2 fully saturated rings. The fourth-order valence-electron chi connectivity index (χ4n) is 4.36. The number of nitrogens with zero attached hydrogens (tertiary/aromatic N) is 2. The molecule has 1 N–H and O–H groups in total. The van der Waals surface area contributed by atoms with Crippen molar-refractivity contribution in [2.24, 2.45) is 0 Å². The Bertz CT molecular complexity index is 888. The highest BCUT2D eigenvalue weighted by Crippen LogP contribution is 2.41. The van der Waals surface area contributed by atoms with Gasteiger partial charge in [0, 0.05) is 51.1 Å². The summed E-state index contributed by atoms with van der Waals surface area (Å²) in [5, 5.41) is 2.53. The number of nitrogens with one attached hydrogen (secondary N) is 1. The number of hydrogen-bond acceptors (Lipinski definition) is 4. The largest absolute Gasteiger partial charge is 0.350 e. The molecule has 0 spiro atoms. The first-order valence-corrected chi connectivity index (χ1v) is 11.9. The van der Waals surface area contributed by atoms with E-state index in [0.29, 0.717) is 13.1 Å². The van der Waals surface area contributed by atoms with E-state index in [-0.39, 0.29) is 51.1 Å². The van der Waals surface area contributed by atoms with Gasteiger partial charge in [-0.2, -0.15) is 4.31 Å². The first-order valence-electron chi connectivity index (χ1n) is 10.3. The molecule has 0 radical (unpaired) electrons. The zero-order valence-corrected chi connectivity index (χ0v) is 18.2. The highest BCUT2D eigenvalue weighted by molar-refractivity contribution is 7.89. The molecule has 1 aromatic carbocycles. The van der Waals surface area contributed by atoms with Crippen molar-refractivity contribution in [3.05, 3.63) is 35.4 Å². The lowest BCUT2D eigenvalue weighted by Gasteiger charge is -2.50. The Morgan fingerprint density at radius 1 is 1.03 bits per heavy atom. The summed E-state index contributed by atoms with van der Waals surface area (Å²) in [6, 6.07) is 3.10. The lowest BCUT2D eigenvalue weighted by Crippen LogP contribution is -2.63. The van der Waals surface area contributed by atoms with Gasteiger partial charge in [-0.1, -0.05) is 6.07 Å². The number of rotatable bonds is 6. The minimum atomic E-state index is -3.35. The molecule has 1 saturated carbocycles. The van der Waals surface area contributed by atoms with Gasteiger partial charge in [-0.25, -0.2) is 26.0 Å². The molecule has 3 rings (SSSR count). The molecule has 0 bridgehead atoms. The molecule has 1 aliphatic heterocycles. The highest BCUT2D eigenvalue weighted by atomic mass is 32.2. The molecule has 1 aliphatic carbocycles. The Morgan fingerprint density at radius 2 is 1.58 bits per heavy atom. The third-order valence-electron chi connectivity index (χ3n) is 6.35. The van der Waals surface area contributed by atoms with Crippen LogP contribution in [0.4, 0.5) is 17.6 Å². The maximum absolute atomic E-state index is 13.9. The zero-order chi connectivity index (χ0) is 22.9. The molecule has 1 heterocycles. The molecule has 1 amide bonds. The third-order valence-corrected chi connectivity index (χ3v) is 8.23. The van der Waals surface area contributed by atoms with E-state index in [1.807, 2.05) is 4.90 Å². The van der Waals surface area contributed by atoms with E-state index in [2.05, 4.69) is 5.32 Å². The van der Waals surface area contributed by atoms with Crippen LogP contribution >= 0.6 is 0 Å². The molecule has 2 aliphatic rings. The van der Waals surface area contributed by atoms with Gasteiger partial charge >= 0.3 is 0 Å². The predicted molar refractivity (Wildman–Crippen MR) is 107 cm³/mol. The number of hydrogen-bond donors (Lipinski definition) is 1. The van der Waals surface area contributed by atoms with Crippen molar-refractivity contribution in [1.82, 2.24) is 14.5 Å². The molecule has 0 atom stereocenters. The molecular weight excluding hydrogens is 438 g/mol. The van der Waals surface area contributed by atoms with Crippen molar-refractivity contribution < 1.29 is 30.8 Å². The minimum absolute atomic E-state index is 0.0192. The molecule has 0 aromatic heterocycles. The second-order valence-corrected chi connectivity index (χ2v) is 10.4. The third kappa shape index (κ3) is 5.20. The zero-order valence-electron chi connectivity index (χ0n) is 17.3. The van der Waals surface area contributed by atoms with E-state index in [1.54, 1.807) is 6.92 Å². The monoisotopic (exact) mass is 465 g/mol. The van der Waals surface area contributed by atoms with E-state index >= 15 is 0 Å². The van der Waals surface area contributed by atoms with Gasteiger partial charge < -0.3 is 5.32 Å². The Labute approximate surface area is 179 Å². The summed E-state index contributed by atoms with van der Waals surface area (Å²) in [4.78, 5) is 14.4. The quantitative estimate of drug-likeness (QED) is 0.656. The summed E-state index contributed by atoms with van der Waals surface area (Å²) >= 11 is 0. The Kier molecular flexibility index (Phi) is 6.97. The smallest absolute Gasteiger partial charge is 0.257 e. The fourth-order valence-corrected chi connectivity index (χ4v) is 5.44. The predicted octanol–water partition coefficient (Wildman–Crippen LogP) is 2.61. The summed E-state index contributed by atoms with van der Waals surface area (Å²) in [6.45, 7) is 2.61. The molecule has 174 valence electrons. The molecule has 1 saturated heterocycles. The molecule has 0 unspecified atom stereocenters. The summed E-state index contributed by atoms with van der Waals surface area (Å²) in [5.41, 5.74) is -1.54. The van der Waals surface area contributed by atoms with E-state index in [9.17, 15) is 30.8 Å². The first kappa shape index (κ1) is 23.9. The summed E-state index contributed by atoms with van der Waals surface area (Å²) < 4.78 is 81.2. The summed E-state index contributed by atoms with van der Waals surface area (Å²) in [5.74, 6) is -5.77. The Morgan fingerprint density at radius 3 is 2.10 bits per heavy atom. The van der Waals surface area contributed by atoms with Crippen LogP contribution in [0.15, 0.2) is 18.2 Å². The van der Waals surface area contributed by atoms with Gasteiger partial charge in [0.05, 0.1) is 5.75 Å². The van der Waals surface area contributed by atoms with Crippen molar-refractivity contribution in [3.8, 4) is 0 Å². The van der Waals surface area contributed by atoms with Crippen molar-refractivity contribution in [2.45, 2.75) is 44.1 Å². The lowest BCUT2D eigenvalue weighted by atomic mass is 9.78. The van der Waals surface area contributed by atoms with Gasteiger partial charge in [-0.3, -0.25) is 9.69 Å². The lowest BCUT2D eigenvalue weighted by molar-refractivity contribution is -0.0856. The van der Waals surface area contributed by atoms with Crippen LogP contribution in [0.2, 0.25) is 0 Å². The number of carbonyl (C=O) groups excluding carboxylic acids is 1. The average Bonchev–Trinajstić information content (AvgIpc) is 2.73. The van der Waals surface area contributed by atoms with Gasteiger partial charge in [0.1, 0.15) is 17.2 Å². The number of benzene rings is 1. The fraction of sp³-hybridized carbons (Fsp3) is 0.650. The topological polar surface area (TPSA) is 69.7 Å². The minimum Gasteiger partial charge on any atom is -0.350 e. The normalized spacial score (nSPS) is 22.2. The van der Waals surface area contributed by atoms with Crippen LogP contribution in [0.5, 0.6) is 0 Å².